The zero-order valence-electron chi connectivity index (χ0n) is 18.4. The molecule has 0 saturated heterocycles. The monoisotopic (exact) mass is 398 g/mol. The van der Waals surface area contributed by atoms with Gasteiger partial charge in [0.15, 0.2) is 0 Å². The van der Waals surface area contributed by atoms with E-state index in [-0.39, 0.29) is 5.63 Å². The molecule has 160 valence electrons. The third-order valence-corrected chi connectivity index (χ3v) is 6.53. The summed E-state index contributed by atoms with van der Waals surface area (Å²) in [6, 6.07) is 7.81. The predicted octanol–water partition coefficient (Wildman–Crippen LogP) is 7.29. The minimum atomic E-state index is -0.238. The fraction of sp³-hybridized carbons (Fsp3) is 0.654. The van der Waals surface area contributed by atoms with E-state index in [0.29, 0.717) is 12.0 Å². The molecular formula is C26H38O3. The van der Waals surface area contributed by atoms with Crippen LogP contribution in [0.15, 0.2) is 33.5 Å². The van der Waals surface area contributed by atoms with Gasteiger partial charge in [0.1, 0.15) is 11.5 Å². The Morgan fingerprint density at radius 1 is 0.931 bits per heavy atom. The van der Waals surface area contributed by atoms with E-state index in [9.17, 15) is 4.79 Å². The summed E-state index contributed by atoms with van der Waals surface area (Å²) in [5.41, 5.74) is -0.238. The van der Waals surface area contributed by atoms with Gasteiger partial charge in [0.2, 0.25) is 0 Å². The van der Waals surface area contributed by atoms with E-state index in [2.05, 4.69) is 13.8 Å². The molecule has 29 heavy (non-hydrogen) atoms. The minimum absolute atomic E-state index is 0.238. The maximum absolute atomic E-state index is 12.5. The first-order chi connectivity index (χ1) is 14.2. The van der Waals surface area contributed by atoms with Crippen LogP contribution in [0.1, 0.15) is 90.2 Å². The lowest BCUT2D eigenvalue weighted by atomic mass is 9.78. The molecule has 2 aromatic rings. The number of aryl methyl sites for hydroxylation is 1. The molecule has 1 saturated carbocycles. The summed E-state index contributed by atoms with van der Waals surface area (Å²) in [7, 11) is 0. The summed E-state index contributed by atoms with van der Waals surface area (Å²) >= 11 is 0. The lowest BCUT2D eigenvalue weighted by molar-refractivity contribution is 0.245. The van der Waals surface area contributed by atoms with E-state index >= 15 is 0 Å². The van der Waals surface area contributed by atoms with Crippen LogP contribution in [0.2, 0.25) is 0 Å². The molecule has 0 radical (unpaired) electrons. The Kier molecular flexibility index (Phi) is 8.64. The van der Waals surface area contributed by atoms with Crippen molar-refractivity contribution in [2.45, 2.75) is 90.9 Å². The van der Waals surface area contributed by atoms with Gasteiger partial charge in [0.05, 0.1) is 12.0 Å². The molecule has 0 aliphatic heterocycles. The molecule has 1 aromatic carbocycles. The third-order valence-electron chi connectivity index (χ3n) is 6.53. The number of rotatable bonds is 11. The van der Waals surface area contributed by atoms with E-state index in [4.69, 9.17) is 9.15 Å². The highest BCUT2D eigenvalue weighted by Gasteiger charge is 2.21. The van der Waals surface area contributed by atoms with Crippen LogP contribution >= 0.6 is 0 Å². The van der Waals surface area contributed by atoms with Gasteiger partial charge in [-0.3, -0.25) is 0 Å². The highest BCUT2D eigenvalue weighted by atomic mass is 16.5. The van der Waals surface area contributed by atoms with Crippen LogP contribution in [0.4, 0.5) is 0 Å². The van der Waals surface area contributed by atoms with Crippen molar-refractivity contribution in [3.05, 3.63) is 40.4 Å². The largest absolute Gasteiger partial charge is 0.494 e. The molecule has 3 heteroatoms. The molecular weight excluding hydrogens is 360 g/mol. The summed E-state index contributed by atoms with van der Waals surface area (Å²) < 4.78 is 11.4. The number of fused-ring (bicyclic) bond motifs is 1. The number of hydrogen-bond acceptors (Lipinski definition) is 3. The van der Waals surface area contributed by atoms with Gasteiger partial charge in [-0.15, -0.1) is 0 Å². The highest BCUT2D eigenvalue weighted by molar-refractivity contribution is 5.82. The van der Waals surface area contributed by atoms with Gasteiger partial charge in [-0.05, 0) is 48.3 Å². The summed E-state index contributed by atoms with van der Waals surface area (Å²) in [4.78, 5) is 12.5. The van der Waals surface area contributed by atoms with E-state index in [1.807, 2.05) is 24.3 Å². The van der Waals surface area contributed by atoms with E-state index in [0.717, 1.165) is 54.4 Å². The molecule has 0 unspecified atom stereocenters. The maximum atomic E-state index is 12.5. The van der Waals surface area contributed by atoms with Gasteiger partial charge >= 0.3 is 5.63 Å². The summed E-state index contributed by atoms with van der Waals surface area (Å²) in [5, 5.41) is 1.58. The lowest BCUT2D eigenvalue weighted by Gasteiger charge is -2.28. The quantitative estimate of drug-likeness (QED) is 0.373. The second-order valence-electron chi connectivity index (χ2n) is 8.87. The Balaban J connectivity index is 1.52. The van der Waals surface area contributed by atoms with Crippen molar-refractivity contribution in [1.82, 2.24) is 0 Å². The number of hydrogen-bond donors (Lipinski definition) is 0. The first-order valence-corrected chi connectivity index (χ1v) is 11.9. The van der Waals surface area contributed by atoms with Crippen molar-refractivity contribution >= 4 is 10.8 Å². The van der Waals surface area contributed by atoms with Crippen molar-refractivity contribution in [2.24, 2.45) is 11.8 Å². The Morgan fingerprint density at radius 2 is 1.66 bits per heavy atom. The van der Waals surface area contributed by atoms with Gasteiger partial charge in [-0.1, -0.05) is 77.7 Å². The molecule has 1 aliphatic rings. The van der Waals surface area contributed by atoms with Gasteiger partial charge in [-0.25, -0.2) is 4.79 Å². The fourth-order valence-corrected chi connectivity index (χ4v) is 4.60. The molecule has 1 aliphatic carbocycles. The smallest absolute Gasteiger partial charge is 0.343 e. The summed E-state index contributed by atoms with van der Waals surface area (Å²) in [6.45, 7) is 5.10. The number of ether oxygens (including phenoxy) is 1. The molecule has 0 bridgehead atoms. The van der Waals surface area contributed by atoms with Crippen LogP contribution in [0.5, 0.6) is 5.75 Å². The second kappa shape index (κ2) is 11.4. The Morgan fingerprint density at radius 3 is 2.38 bits per heavy atom. The SMILES string of the molecule is CCCCCC1CCC(CCc2cc3ccc(OCCCC)cc3c(=O)o2)CC1. The molecule has 1 aromatic heterocycles. The topological polar surface area (TPSA) is 39.4 Å². The average Bonchev–Trinajstić information content (AvgIpc) is 2.74. The Bertz CT molecular complexity index is 799. The van der Waals surface area contributed by atoms with Gasteiger partial charge < -0.3 is 9.15 Å². The van der Waals surface area contributed by atoms with Gasteiger partial charge in [0, 0.05) is 6.42 Å². The molecule has 1 heterocycles. The first-order valence-electron chi connectivity index (χ1n) is 11.9. The summed E-state index contributed by atoms with van der Waals surface area (Å²) in [5.74, 6) is 3.31. The van der Waals surface area contributed by atoms with E-state index < -0.39 is 0 Å². The van der Waals surface area contributed by atoms with Crippen LogP contribution in [0, 0.1) is 11.8 Å². The van der Waals surface area contributed by atoms with Crippen LogP contribution in [0.25, 0.3) is 10.8 Å². The van der Waals surface area contributed by atoms with Crippen LogP contribution < -0.4 is 10.4 Å². The molecule has 0 atom stereocenters. The zero-order chi connectivity index (χ0) is 20.5. The normalized spacial score (nSPS) is 19.5. The Labute approximate surface area is 175 Å². The van der Waals surface area contributed by atoms with Crippen LogP contribution in [0.3, 0.4) is 0 Å². The lowest BCUT2D eigenvalue weighted by Crippen LogP contribution is -2.15. The van der Waals surface area contributed by atoms with Crippen molar-refractivity contribution in [3.63, 3.8) is 0 Å². The van der Waals surface area contributed by atoms with E-state index in [1.54, 1.807) is 0 Å². The van der Waals surface area contributed by atoms with E-state index in [1.165, 1.54) is 51.4 Å². The van der Waals surface area contributed by atoms with Crippen LogP contribution in [-0.2, 0) is 6.42 Å². The molecule has 3 rings (SSSR count). The molecule has 1 fully saturated rings. The number of benzene rings is 1. The number of unbranched alkanes of at least 4 members (excludes halogenated alkanes) is 3. The molecule has 0 N–H and O–H groups in total. The van der Waals surface area contributed by atoms with Crippen molar-refractivity contribution in [1.29, 1.82) is 0 Å². The van der Waals surface area contributed by atoms with Gasteiger partial charge in [-0.2, -0.15) is 0 Å². The fourth-order valence-electron chi connectivity index (χ4n) is 4.60. The standard InChI is InChI=1S/C26H38O3/c1-3-5-7-8-20-9-11-21(12-10-20)13-15-24-18-22-14-16-23(28-17-6-4-2)19-25(22)26(27)29-24/h14,16,18-21H,3-13,15,17H2,1-2H3. The highest BCUT2D eigenvalue weighted by Crippen LogP contribution is 2.34. The van der Waals surface area contributed by atoms with Crippen LogP contribution in [-0.4, -0.2) is 6.61 Å². The average molecular weight is 399 g/mol. The molecule has 0 spiro atoms. The minimum Gasteiger partial charge on any atom is -0.494 e. The summed E-state index contributed by atoms with van der Waals surface area (Å²) in [6.07, 6.45) is 15.1. The first kappa shape index (κ1) is 21.9. The molecule has 0 amide bonds. The predicted molar refractivity (Wildman–Crippen MR) is 121 cm³/mol. The van der Waals surface area contributed by atoms with Crippen molar-refractivity contribution in [2.75, 3.05) is 6.61 Å². The van der Waals surface area contributed by atoms with Gasteiger partial charge in [0.25, 0.3) is 0 Å². The molecule has 3 nitrogen and oxygen atoms in total. The Hall–Kier alpha value is -1.77. The third kappa shape index (κ3) is 6.62. The maximum Gasteiger partial charge on any atom is 0.343 e. The van der Waals surface area contributed by atoms with Crippen molar-refractivity contribution < 1.29 is 9.15 Å². The second-order valence-corrected chi connectivity index (χ2v) is 8.87. The zero-order valence-corrected chi connectivity index (χ0v) is 18.4. The van der Waals surface area contributed by atoms with Crippen molar-refractivity contribution in [3.8, 4) is 5.75 Å².